The van der Waals surface area contributed by atoms with Crippen molar-refractivity contribution in [3.05, 3.63) is 29.3 Å². The molecule has 3 N–H and O–H groups in total. The van der Waals surface area contributed by atoms with Gasteiger partial charge in [-0.05, 0) is 24.5 Å². The number of nitrogens with two attached hydrogens (primary N) is 1. The summed E-state index contributed by atoms with van der Waals surface area (Å²) in [5, 5.41) is 9.94. The van der Waals surface area contributed by atoms with Gasteiger partial charge in [-0.3, -0.25) is 0 Å². The van der Waals surface area contributed by atoms with Crippen LogP contribution in [0.25, 0.3) is 0 Å². The number of fused-ring (bicyclic) bond motifs is 1. The lowest BCUT2D eigenvalue weighted by Crippen LogP contribution is -2.33. The predicted molar refractivity (Wildman–Crippen MR) is 54.3 cm³/mol. The number of aliphatic hydroxyl groups is 1. The Kier molecular flexibility index (Phi) is 2.44. The summed E-state index contributed by atoms with van der Waals surface area (Å²) < 4.78 is 5.22. The van der Waals surface area contributed by atoms with Crippen LogP contribution in [0.2, 0.25) is 0 Å². The van der Waals surface area contributed by atoms with Crippen molar-refractivity contribution in [3.63, 3.8) is 0 Å². The van der Waals surface area contributed by atoms with Gasteiger partial charge in [0.05, 0.1) is 13.2 Å². The molecule has 0 unspecified atom stereocenters. The molecular formula is C11H15NO2. The Hall–Kier alpha value is -1.06. The highest BCUT2D eigenvalue weighted by atomic mass is 16.5. The van der Waals surface area contributed by atoms with Crippen LogP contribution < -0.4 is 10.5 Å². The van der Waals surface area contributed by atoms with Crippen molar-refractivity contribution in [1.29, 1.82) is 0 Å². The van der Waals surface area contributed by atoms with Crippen LogP contribution in [0.5, 0.6) is 5.75 Å². The van der Waals surface area contributed by atoms with Gasteiger partial charge in [-0.2, -0.15) is 0 Å². The van der Waals surface area contributed by atoms with Crippen molar-refractivity contribution in [2.45, 2.75) is 25.0 Å². The van der Waals surface area contributed by atoms with E-state index >= 15 is 0 Å². The van der Waals surface area contributed by atoms with E-state index in [1.54, 1.807) is 7.11 Å². The van der Waals surface area contributed by atoms with Gasteiger partial charge in [0.15, 0.2) is 0 Å². The zero-order chi connectivity index (χ0) is 10.1. The van der Waals surface area contributed by atoms with Crippen molar-refractivity contribution >= 4 is 0 Å². The number of hydrogen-bond acceptors (Lipinski definition) is 3. The number of aryl methyl sites for hydroxylation is 1. The van der Waals surface area contributed by atoms with Crippen LogP contribution in [0.1, 0.15) is 23.7 Å². The summed E-state index contributed by atoms with van der Waals surface area (Å²) >= 11 is 0. The zero-order valence-electron chi connectivity index (χ0n) is 8.23. The Bertz CT molecular complexity index is 324. The average molecular weight is 193 g/mol. The first-order valence-electron chi connectivity index (χ1n) is 4.83. The molecule has 2 atom stereocenters. The molecule has 0 fully saturated rings. The summed E-state index contributed by atoms with van der Waals surface area (Å²) in [4.78, 5) is 0. The predicted octanol–water partition coefficient (Wildman–Crippen LogP) is 1.00. The molecule has 2 rings (SSSR count). The van der Waals surface area contributed by atoms with Crippen LogP contribution in [0.4, 0.5) is 0 Å². The molecular weight excluding hydrogens is 178 g/mol. The van der Waals surface area contributed by atoms with Crippen LogP contribution in [-0.2, 0) is 6.42 Å². The van der Waals surface area contributed by atoms with Gasteiger partial charge in [-0.1, -0.05) is 12.1 Å². The van der Waals surface area contributed by atoms with Gasteiger partial charge in [0, 0.05) is 11.6 Å². The highest BCUT2D eigenvalue weighted by Crippen LogP contribution is 2.35. The fourth-order valence-corrected chi connectivity index (χ4v) is 2.02. The Morgan fingerprint density at radius 1 is 1.50 bits per heavy atom. The number of ether oxygens (including phenoxy) is 1. The van der Waals surface area contributed by atoms with Crippen molar-refractivity contribution in [1.82, 2.24) is 0 Å². The maximum absolute atomic E-state index is 9.94. The van der Waals surface area contributed by atoms with Gasteiger partial charge in [0.2, 0.25) is 0 Å². The van der Waals surface area contributed by atoms with Crippen LogP contribution in [0.15, 0.2) is 18.2 Å². The van der Waals surface area contributed by atoms with Crippen LogP contribution in [0, 0.1) is 0 Å². The molecule has 14 heavy (non-hydrogen) atoms. The number of aliphatic hydroxyl groups excluding tert-OH is 1. The first kappa shape index (κ1) is 9.49. The molecule has 1 aromatic carbocycles. The summed E-state index contributed by atoms with van der Waals surface area (Å²) in [7, 11) is 1.61. The Balaban J connectivity index is 2.49. The van der Waals surface area contributed by atoms with E-state index in [4.69, 9.17) is 10.5 Å². The van der Waals surface area contributed by atoms with Crippen LogP contribution in [0.3, 0.4) is 0 Å². The SMILES string of the molecule is COc1cccc2c1[C@@H](O)[C@@H](N)CC2. The Morgan fingerprint density at radius 2 is 2.29 bits per heavy atom. The molecule has 0 saturated heterocycles. The van der Waals surface area contributed by atoms with E-state index in [-0.39, 0.29) is 6.04 Å². The number of hydrogen-bond donors (Lipinski definition) is 2. The monoisotopic (exact) mass is 193 g/mol. The van der Waals surface area contributed by atoms with Crippen molar-refractivity contribution in [3.8, 4) is 5.75 Å². The molecule has 3 nitrogen and oxygen atoms in total. The molecule has 0 amide bonds. The zero-order valence-corrected chi connectivity index (χ0v) is 8.23. The average Bonchev–Trinajstić information content (AvgIpc) is 2.23. The van der Waals surface area contributed by atoms with Gasteiger partial charge in [0.1, 0.15) is 5.75 Å². The second-order valence-electron chi connectivity index (χ2n) is 3.68. The summed E-state index contributed by atoms with van der Waals surface area (Å²) in [6.45, 7) is 0. The summed E-state index contributed by atoms with van der Waals surface area (Å²) in [6.07, 6.45) is 1.17. The first-order valence-corrected chi connectivity index (χ1v) is 4.83. The minimum Gasteiger partial charge on any atom is -0.496 e. The molecule has 0 heterocycles. The smallest absolute Gasteiger partial charge is 0.124 e. The van der Waals surface area contributed by atoms with Gasteiger partial charge in [-0.25, -0.2) is 0 Å². The molecule has 0 radical (unpaired) electrons. The Morgan fingerprint density at radius 3 is 3.00 bits per heavy atom. The fourth-order valence-electron chi connectivity index (χ4n) is 2.02. The number of benzene rings is 1. The molecule has 0 spiro atoms. The molecule has 0 bridgehead atoms. The molecule has 0 aliphatic heterocycles. The maximum atomic E-state index is 9.94. The van der Waals surface area contributed by atoms with E-state index in [2.05, 4.69) is 0 Å². The molecule has 1 aromatic rings. The van der Waals surface area contributed by atoms with Crippen molar-refractivity contribution in [2.75, 3.05) is 7.11 Å². The minimum absolute atomic E-state index is 0.168. The standard InChI is InChI=1S/C11H15NO2/c1-14-9-4-2-3-7-5-6-8(12)11(13)10(7)9/h2-4,8,11,13H,5-6,12H2,1H3/t8-,11-/m0/s1. The minimum atomic E-state index is -0.588. The lowest BCUT2D eigenvalue weighted by atomic mass is 9.86. The van der Waals surface area contributed by atoms with Gasteiger partial charge in [0.25, 0.3) is 0 Å². The van der Waals surface area contributed by atoms with Crippen molar-refractivity contribution < 1.29 is 9.84 Å². The van der Waals surface area contributed by atoms with Gasteiger partial charge < -0.3 is 15.6 Å². The first-order chi connectivity index (χ1) is 6.74. The third-order valence-corrected chi connectivity index (χ3v) is 2.82. The van der Waals surface area contributed by atoms with E-state index < -0.39 is 6.10 Å². The lowest BCUT2D eigenvalue weighted by Gasteiger charge is -2.28. The molecule has 0 aromatic heterocycles. The second kappa shape index (κ2) is 3.59. The maximum Gasteiger partial charge on any atom is 0.124 e. The third kappa shape index (κ3) is 1.38. The highest BCUT2D eigenvalue weighted by Gasteiger charge is 2.27. The van der Waals surface area contributed by atoms with Crippen molar-refractivity contribution in [2.24, 2.45) is 5.73 Å². The Labute approximate surface area is 83.5 Å². The van der Waals surface area contributed by atoms with E-state index in [0.29, 0.717) is 0 Å². The number of rotatable bonds is 1. The van der Waals surface area contributed by atoms with Gasteiger partial charge in [-0.15, -0.1) is 0 Å². The largest absolute Gasteiger partial charge is 0.496 e. The van der Waals surface area contributed by atoms with E-state index in [1.165, 1.54) is 0 Å². The van der Waals surface area contributed by atoms with E-state index in [0.717, 1.165) is 29.7 Å². The quantitative estimate of drug-likeness (QED) is 0.699. The number of methoxy groups -OCH3 is 1. The molecule has 1 aliphatic carbocycles. The highest BCUT2D eigenvalue weighted by molar-refractivity contribution is 5.44. The normalized spacial score (nSPS) is 25.6. The summed E-state index contributed by atoms with van der Waals surface area (Å²) in [5.41, 5.74) is 7.83. The lowest BCUT2D eigenvalue weighted by molar-refractivity contribution is 0.130. The van der Waals surface area contributed by atoms with E-state index in [9.17, 15) is 5.11 Å². The molecule has 0 saturated carbocycles. The topological polar surface area (TPSA) is 55.5 Å². The summed E-state index contributed by atoms with van der Waals surface area (Å²) in [6, 6.07) is 5.66. The molecule has 3 heteroatoms. The van der Waals surface area contributed by atoms with Gasteiger partial charge >= 0.3 is 0 Å². The molecule has 76 valence electrons. The van der Waals surface area contributed by atoms with Crippen LogP contribution >= 0.6 is 0 Å². The molecule has 1 aliphatic rings. The van der Waals surface area contributed by atoms with Crippen LogP contribution in [-0.4, -0.2) is 18.3 Å². The van der Waals surface area contributed by atoms with E-state index in [1.807, 2.05) is 18.2 Å². The summed E-state index contributed by atoms with van der Waals surface area (Å²) in [5.74, 6) is 0.741. The fraction of sp³-hybridized carbons (Fsp3) is 0.455. The second-order valence-corrected chi connectivity index (χ2v) is 3.68. The third-order valence-electron chi connectivity index (χ3n) is 2.82.